The third kappa shape index (κ3) is 4.75. The van der Waals surface area contributed by atoms with Crippen LogP contribution >= 0.6 is 11.6 Å². The summed E-state index contributed by atoms with van der Waals surface area (Å²) in [6.45, 7) is 0. The number of carbonyl (C=O) groups is 1. The van der Waals surface area contributed by atoms with Crippen LogP contribution in [0.3, 0.4) is 0 Å². The Kier molecular flexibility index (Phi) is 6.09. The summed E-state index contributed by atoms with van der Waals surface area (Å²) < 4.78 is 12.6. The van der Waals surface area contributed by atoms with Crippen molar-refractivity contribution in [2.75, 3.05) is 5.88 Å². The van der Waals surface area contributed by atoms with Crippen molar-refractivity contribution in [3.63, 3.8) is 0 Å². The van der Waals surface area contributed by atoms with Gasteiger partial charge in [-0.3, -0.25) is 4.79 Å². The molecule has 16 heavy (non-hydrogen) atoms. The summed E-state index contributed by atoms with van der Waals surface area (Å²) in [4.78, 5) is 11.6. The number of hydrogen-bond acceptors (Lipinski definition) is 1. The van der Waals surface area contributed by atoms with E-state index in [4.69, 9.17) is 11.6 Å². The van der Waals surface area contributed by atoms with Gasteiger partial charge in [-0.2, -0.15) is 0 Å². The SMILES string of the molecule is O=C(CCCCCCCl)c1ccc(F)cc1. The zero-order valence-electron chi connectivity index (χ0n) is 9.22. The maximum atomic E-state index is 12.6. The van der Waals surface area contributed by atoms with Gasteiger partial charge in [0, 0.05) is 17.9 Å². The Labute approximate surface area is 101 Å². The van der Waals surface area contributed by atoms with Crippen LogP contribution in [0.2, 0.25) is 0 Å². The maximum absolute atomic E-state index is 12.6. The Hall–Kier alpha value is -0.890. The molecule has 0 saturated heterocycles. The van der Waals surface area contributed by atoms with Gasteiger partial charge in [0.05, 0.1) is 0 Å². The van der Waals surface area contributed by atoms with Crippen LogP contribution in [0, 0.1) is 5.82 Å². The standard InChI is InChI=1S/C13H16ClFO/c14-10-4-2-1-3-5-13(16)11-6-8-12(15)9-7-11/h6-9H,1-5,10H2. The molecule has 1 aromatic carbocycles. The molecule has 0 saturated carbocycles. The van der Waals surface area contributed by atoms with Crippen LogP contribution in [0.25, 0.3) is 0 Å². The average molecular weight is 243 g/mol. The summed E-state index contributed by atoms with van der Waals surface area (Å²) in [5, 5.41) is 0. The summed E-state index contributed by atoms with van der Waals surface area (Å²) in [6.07, 6.45) is 4.52. The molecule has 0 aliphatic carbocycles. The predicted molar refractivity (Wildman–Crippen MR) is 64.5 cm³/mol. The van der Waals surface area contributed by atoms with Crippen molar-refractivity contribution in [1.82, 2.24) is 0 Å². The van der Waals surface area contributed by atoms with Crippen LogP contribution in [-0.2, 0) is 0 Å². The fraction of sp³-hybridized carbons (Fsp3) is 0.462. The van der Waals surface area contributed by atoms with Crippen LogP contribution in [0.1, 0.15) is 42.5 Å². The molecule has 0 aliphatic rings. The Morgan fingerprint density at radius 2 is 1.69 bits per heavy atom. The number of unbranched alkanes of at least 4 members (excludes halogenated alkanes) is 3. The fourth-order valence-corrected chi connectivity index (χ4v) is 1.70. The first-order valence-electron chi connectivity index (χ1n) is 5.59. The van der Waals surface area contributed by atoms with Crippen molar-refractivity contribution in [2.45, 2.75) is 32.1 Å². The van der Waals surface area contributed by atoms with E-state index in [2.05, 4.69) is 0 Å². The minimum atomic E-state index is -0.307. The van der Waals surface area contributed by atoms with Gasteiger partial charge in [-0.25, -0.2) is 4.39 Å². The molecule has 0 aliphatic heterocycles. The van der Waals surface area contributed by atoms with Crippen molar-refractivity contribution in [2.24, 2.45) is 0 Å². The lowest BCUT2D eigenvalue weighted by Crippen LogP contribution is -1.98. The highest BCUT2D eigenvalue weighted by molar-refractivity contribution is 6.17. The Morgan fingerprint density at radius 3 is 2.31 bits per heavy atom. The maximum Gasteiger partial charge on any atom is 0.162 e. The van der Waals surface area contributed by atoms with E-state index in [1.54, 1.807) is 0 Å². The molecule has 0 radical (unpaired) electrons. The summed E-state index contributed by atoms with van der Waals surface area (Å²) in [5.41, 5.74) is 0.596. The van der Waals surface area contributed by atoms with Crippen molar-refractivity contribution >= 4 is 17.4 Å². The highest BCUT2D eigenvalue weighted by Crippen LogP contribution is 2.10. The number of halogens is 2. The first-order valence-corrected chi connectivity index (χ1v) is 6.12. The first kappa shape index (κ1) is 13.2. The third-order valence-electron chi connectivity index (χ3n) is 2.45. The molecule has 3 heteroatoms. The molecular weight excluding hydrogens is 227 g/mol. The molecule has 0 N–H and O–H groups in total. The quantitative estimate of drug-likeness (QED) is 0.398. The van der Waals surface area contributed by atoms with E-state index in [9.17, 15) is 9.18 Å². The number of alkyl halides is 1. The number of Topliss-reactive ketones (excluding diaryl/α,β-unsaturated/α-hetero) is 1. The van der Waals surface area contributed by atoms with E-state index in [1.165, 1.54) is 24.3 Å². The number of benzene rings is 1. The molecule has 88 valence electrons. The van der Waals surface area contributed by atoms with Crippen LogP contribution < -0.4 is 0 Å². The number of carbonyl (C=O) groups excluding carboxylic acids is 1. The Bertz CT molecular complexity index is 321. The molecule has 0 amide bonds. The van der Waals surface area contributed by atoms with Crippen LogP contribution in [0.4, 0.5) is 4.39 Å². The van der Waals surface area contributed by atoms with E-state index < -0.39 is 0 Å². The first-order chi connectivity index (χ1) is 7.74. The number of rotatable bonds is 7. The second-order valence-corrected chi connectivity index (χ2v) is 4.16. The topological polar surface area (TPSA) is 17.1 Å². The van der Waals surface area contributed by atoms with Crippen molar-refractivity contribution in [1.29, 1.82) is 0 Å². The van der Waals surface area contributed by atoms with Crippen LogP contribution in [-0.4, -0.2) is 11.7 Å². The molecule has 1 nitrogen and oxygen atoms in total. The number of hydrogen-bond donors (Lipinski definition) is 0. The van der Waals surface area contributed by atoms with Gasteiger partial charge in [0.15, 0.2) is 5.78 Å². The Balaban J connectivity index is 2.27. The lowest BCUT2D eigenvalue weighted by Gasteiger charge is -2.01. The van der Waals surface area contributed by atoms with Gasteiger partial charge < -0.3 is 0 Å². The minimum absolute atomic E-state index is 0.0888. The van der Waals surface area contributed by atoms with Gasteiger partial charge in [0.25, 0.3) is 0 Å². The van der Waals surface area contributed by atoms with Gasteiger partial charge in [-0.1, -0.05) is 12.8 Å². The van der Waals surface area contributed by atoms with E-state index in [0.29, 0.717) is 17.9 Å². The molecule has 0 spiro atoms. The van der Waals surface area contributed by atoms with Gasteiger partial charge in [0.2, 0.25) is 0 Å². The van der Waals surface area contributed by atoms with Crippen molar-refractivity contribution < 1.29 is 9.18 Å². The highest BCUT2D eigenvalue weighted by Gasteiger charge is 2.05. The van der Waals surface area contributed by atoms with Crippen LogP contribution in [0.15, 0.2) is 24.3 Å². The lowest BCUT2D eigenvalue weighted by molar-refractivity contribution is 0.0979. The lowest BCUT2D eigenvalue weighted by atomic mass is 10.0. The van der Waals surface area contributed by atoms with Gasteiger partial charge in [0.1, 0.15) is 5.82 Å². The minimum Gasteiger partial charge on any atom is -0.294 e. The monoisotopic (exact) mass is 242 g/mol. The third-order valence-corrected chi connectivity index (χ3v) is 2.72. The van der Waals surface area contributed by atoms with Crippen molar-refractivity contribution in [3.8, 4) is 0 Å². The summed E-state index contributed by atoms with van der Waals surface area (Å²) in [6, 6.07) is 5.72. The molecule has 0 fully saturated rings. The Morgan fingerprint density at radius 1 is 1.06 bits per heavy atom. The molecule has 0 heterocycles. The second-order valence-electron chi connectivity index (χ2n) is 3.78. The van der Waals surface area contributed by atoms with Gasteiger partial charge in [-0.05, 0) is 37.1 Å². The average Bonchev–Trinajstić information content (AvgIpc) is 2.29. The summed E-state index contributed by atoms with van der Waals surface area (Å²) in [7, 11) is 0. The predicted octanol–water partition coefficient (Wildman–Crippen LogP) is 4.20. The molecule has 0 unspecified atom stereocenters. The van der Waals surface area contributed by atoms with Crippen LogP contribution in [0.5, 0.6) is 0 Å². The molecular formula is C13H16ClFO. The second kappa shape index (κ2) is 7.39. The van der Waals surface area contributed by atoms with Gasteiger partial charge in [-0.15, -0.1) is 11.6 Å². The smallest absolute Gasteiger partial charge is 0.162 e. The van der Waals surface area contributed by atoms with E-state index >= 15 is 0 Å². The normalized spacial score (nSPS) is 10.4. The fourth-order valence-electron chi connectivity index (χ4n) is 1.51. The summed E-state index contributed by atoms with van der Waals surface area (Å²) >= 11 is 5.55. The van der Waals surface area contributed by atoms with Crippen molar-refractivity contribution in [3.05, 3.63) is 35.6 Å². The van der Waals surface area contributed by atoms with E-state index in [-0.39, 0.29) is 11.6 Å². The molecule has 0 bridgehead atoms. The molecule has 0 atom stereocenters. The van der Waals surface area contributed by atoms with Gasteiger partial charge >= 0.3 is 0 Å². The molecule has 1 aromatic rings. The zero-order chi connectivity index (χ0) is 11.8. The summed E-state index contributed by atoms with van der Waals surface area (Å²) in [5.74, 6) is 0.468. The zero-order valence-corrected chi connectivity index (χ0v) is 9.97. The molecule has 1 rings (SSSR count). The molecule has 0 aromatic heterocycles. The van der Waals surface area contributed by atoms with E-state index in [1.807, 2.05) is 0 Å². The highest BCUT2D eigenvalue weighted by atomic mass is 35.5. The van der Waals surface area contributed by atoms with E-state index in [0.717, 1.165) is 25.7 Å². The number of ketones is 1. The largest absolute Gasteiger partial charge is 0.294 e.